The van der Waals surface area contributed by atoms with Gasteiger partial charge in [-0.1, -0.05) is 0 Å². The summed E-state index contributed by atoms with van der Waals surface area (Å²) in [6.45, 7) is 0. The Hall–Kier alpha value is -0.770. The molecule has 1 aliphatic carbocycles. The Morgan fingerprint density at radius 3 is 2.45 bits per heavy atom. The van der Waals surface area contributed by atoms with Crippen molar-refractivity contribution in [1.29, 1.82) is 0 Å². The van der Waals surface area contributed by atoms with Crippen LogP contribution in [0.15, 0.2) is 0 Å². The van der Waals surface area contributed by atoms with Crippen LogP contribution in [0.4, 0.5) is 4.79 Å². The molecule has 0 aromatic heterocycles. The molecule has 1 fully saturated rings. The van der Waals surface area contributed by atoms with Gasteiger partial charge in [0.05, 0.1) is 6.10 Å². The van der Waals surface area contributed by atoms with Crippen molar-refractivity contribution in [3.8, 4) is 0 Å². The standard InChI is InChI=1S/C7H14N2O2/c1-9(2)7(11)8-5-3-6(10)4-5/h5-6,10H,3-4H2,1-2H3,(H,8,11). The summed E-state index contributed by atoms with van der Waals surface area (Å²) in [6.07, 6.45) is 1.18. The molecule has 0 saturated heterocycles. The third-order valence-corrected chi connectivity index (χ3v) is 1.85. The van der Waals surface area contributed by atoms with Gasteiger partial charge in [-0.3, -0.25) is 0 Å². The summed E-state index contributed by atoms with van der Waals surface area (Å²) in [5, 5.41) is 11.7. The van der Waals surface area contributed by atoms with Crippen molar-refractivity contribution < 1.29 is 9.90 Å². The number of amides is 2. The second-order valence-electron chi connectivity index (χ2n) is 3.17. The van der Waals surface area contributed by atoms with Crippen LogP contribution in [0.3, 0.4) is 0 Å². The van der Waals surface area contributed by atoms with E-state index in [1.54, 1.807) is 14.1 Å². The third kappa shape index (κ3) is 2.08. The summed E-state index contributed by atoms with van der Waals surface area (Å²) in [4.78, 5) is 12.5. The van der Waals surface area contributed by atoms with Crippen LogP contribution in [0.1, 0.15) is 12.8 Å². The van der Waals surface area contributed by atoms with E-state index in [0.29, 0.717) is 12.8 Å². The van der Waals surface area contributed by atoms with Crippen molar-refractivity contribution in [2.45, 2.75) is 25.0 Å². The number of rotatable bonds is 1. The fraction of sp³-hybridized carbons (Fsp3) is 0.857. The zero-order chi connectivity index (χ0) is 8.43. The molecule has 1 rings (SSSR count). The van der Waals surface area contributed by atoms with Gasteiger partial charge in [0.15, 0.2) is 0 Å². The molecule has 0 spiro atoms. The lowest BCUT2D eigenvalue weighted by molar-refractivity contribution is 0.0646. The number of aliphatic hydroxyl groups is 1. The van der Waals surface area contributed by atoms with Gasteiger partial charge >= 0.3 is 6.03 Å². The van der Waals surface area contributed by atoms with E-state index in [0.717, 1.165) is 0 Å². The second-order valence-corrected chi connectivity index (χ2v) is 3.17. The highest BCUT2D eigenvalue weighted by Gasteiger charge is 2.28. The van der Waals surface area contributed by atoms with Gasteiger partial charge in [-0.25, -0.2) is 4.79 Å². The first kappa shape index (κ1) is 8.33. The molecule has 1 saturated carbocycles. The number of nitrogens with one attached hydrogen (secondary N) is 1. The normalized spacial score (nSPS) is 29.0. The Morgan fingerprint density at radius 1 is 1.55 bits per heavy atom. The first-order valence-electron chi connectivity index (χ1n) is 3.75. The molecule has 0 atom stereocenters. The van der Waals surface area contributed by atoms with Crippen molar-refractivity contribution in [2.24, 2.45) is 0 Å². The fourth-order valence-electron chi connectivity index (χ4n) is 1.01. The average Bonchev–Trinajstić information content (AvgIpc) is 1.84. The third-order valence-electron chi connectivity index (χ3n) is 1.85. The van der Waals surface area contributed by atoms with Crippen LogP contribution < -0.4 is 5.32 Å². The van der Waals surface area contributed by atoms with E-state index in [9.17, 15) is 4.79 Å². The first-order valence-corrected chi connectivity index (χ1v) is 3.75. The van der Waals surface area contributed by atoms with Crippen LogP contribution in [-0.2, 0) is 0 Å². The molecule has 0 heterocycles. The van der Waals surface area contributed by atoms with E-state index in [1.165, 1.54) is 4.90 Å². The molecule has 4 heteroatoms. The molecular formula is C7H14N2O2. The summed E-state index contributed by atoms with van der Waals surface area (Å²) in [7, 11) is 3.40. The van der Waals surface area contributed by atoms with Gasteiger partial charge in [0.25, 0.3) is 0 Å². The highest BCUT2D eigenvalue weighted by atomic mass is 16.3. The predicted molar refractivity (Wildman–Crippen MR) is 41.2 cm³/mol. The lowest BCUT2D eigenvalue weighted by atomic mass is 9.90. The van der Waals surface area contributed by atoms with Gasteiger partial charge in [0.1, 0.15) is 0 Å². The molecule has 0 aromatic carbocycles. The lowest BCUT2D eigenvalue weighted by Crippen LogP contribution is -2.49. The van der Waals surface area contributed by atoms with Crippen molar-refractivity contribution in [1.82, 2.24) is 10.2 Å². The number of urea groups is 1. The molecule has 4 nitrogen and oxygen atoms in total. The van der Waals surface area contributed by atoms with Crippen LogP contribution >= 0.6 is 0 Å². The molecule has 2 N–H and O–H groups in total. The molecule has 1 aliphatic rings. The Balaban J connectivity index is 2.17. The minimum atomic E-state index is -0.206. The maximum Gasteiger partial charge on any atom is 0.317 e. The molecule has 64 valence electrons. The topological polar surface area (TPSA) is 52.6 Å². The number of hydrogen-bond acceptors (Lipinski definition) is 2. The van der Waals surface area contributed by atoms with Gasteiger partial charge < -0.3 is 15.3 Å². The highest BCUT2D eigenvalue weighted by molar-refractivity contribution is 5.73. The SMILES string of the molecule is CN(C)C(=O)NC1CC(O)C1. The molecular weight excluding hydrogens is 144 g/mol. The number of carbonyl (C=O) groups is 1. The zero-order valence-electron chi connectivity index (χ0n) is 6.87. The Bertz CT molecular complexity index is 153. The predicted octanol–water partition coefficient (Wildman–Crippen LogP) is -0.219. The van der Waals surface area contributed by atoms with Crippen LogP contribution in [-0.4, -0.2) is 42.3 Å². The van der Waals surface area contributed by atoms with Gasteiger partial charge in [-0.2, -0.15) is 0 Å². The molecule has 11 heavy (non-hydrogen) atoms. The summed E-state index contributed by atoms with van der Waals surface area (Å²) in [5.41, 5.74) is 0. The first-order chi connectivity index (χ1) is 5.09. The number of nitrogens with zero attached hydrogens (tertiary/aromatic N) is 1. The zero-order valence-corrected chi connectivity index (χ0v) is 6.87. The highest BCUT2D eigenvalue weighted by Crippen LogP contribution is 2.19. The van der Waals surface area contributed by atoms with Gasteiger partial charge in [0.2, 0.25) is 0 Å². The van der Waals surface area contributed by atoms with E-state index in [-0.39, 0.29) is 18.2 Å². The fourth-order valence-corrected chi connectivity index (χ4v) is 1.01. The summed E-state index contributed by atoms with van der Waals surface area (Å²) < 4.78 is 0. The number of aliphatic hydroxyl groups excluding tert-OH is 1. The molecule has 2 amide bonds. The number of carbonyl (C=O) groups excluding carboxylic acids is 1. The molecule has 0 radical (unpaired) electrons. The molecule has 0 unspecified atom stereocenters. The maximum absolute atomic E-state index is 11.0. The van der Waals surface area contributed by atoms with E-state index in [2.05, 4.69) is 5.32 Å². The Morgan fingerprint density at radius 2 is 2.09 bits per heavy atom. The summed E-state index contributed by atoms with van der Waals surface area (Å²) in [5.74, 6) is 0. The van der Waals surface area contributed by atoms with Crippen LogP contribution in [0.25, 0.3) is 0 Å². The Kier molecular flexibility index (Phi) is 2.34. The minimum absolute atomic E-state index is 0.0816. The van der Waals surface area contributed by atoms with Crippen molar-refractivity contribution in [2.75, 3.05) is 14.1 Å². The quantitative estimate of drug-likeness (QED) is 0.554. The molecule has 0 aromatic rings. The summed E-state index contributed by atoms with van der Waals surface area (Å²) >= 11 is 0. The van der Waals surface area contributed by atoms with E-state index < -0.39 is 0 Å². The van der Waals surface area contributed by atoms with Crippen LogP contribution in [0, 0.1) is 0 Å². The van der Waals surface area contributed by atoms with Gasteiger partial charge in [-0.15, -0.1) is 0 Å². The smallest absolute Gasteiger partial charge is 0.317 e. The van der Waals surface area contributed by atoms with Crippen molar-refractivity contribution in [3.63, 3.8) is 0 Å². The maximum atomic E-state index is 11.0. The van der Waals surface area contributed by atoms with E-state index in [4.69, 9.17) is 5.11 Å². The molecule has 0 aliphatic heterocycles. The second kappa shape index (κ2) is 3.09. The average molecular weight is 158 g/mol. The Labute approximate surface area is 66.2 Å². The van der Waals surface area contributed by atoms with Crippen molar-refractivity contribution >= 4 is 6.03 Å². The van der Waals surface area contributed by atoms with E-state index >= 15 is 0 Å². The largest absolute Gasteiger partial charge is 0.393 e. The summed E-state index contributed by atoms with van der Waals surface area (Å²) in [6, 6.07) is 0.0989. The lowest BCUT2D eigenvalue weighted by Gasteiger charge is -2.32. The monoisotopic (exact) mass is 158 g/mol. The minimum Gasteiger partial charge on any atom is -0.393 e. The van der Waals surface area contributed by atoms with E-state index in [1.807, 2.05) is 0 Å². The van der Waals surface area contributed by atoms with Crippen molar-refractivity contribution in [3.05, 3.63) is 0 Å². The van der Waals surface area contributed by atoms with Crippen LogP contribution in [0.2, 0.25) is 0 Å². The van der Waals surface area contributed by atoms with Crippen LogP contribution in [0.5, 0.6) is 0 Å². The van der Waals surface area contributed by atoms with Gasteiger partial charge in [-0.05, 0) is 12.8 Å². The van der Waals surface area contributed by atoms with Gasteiger partial charge in [0, 0.05) is 20.1 Å². The molecule has 0 bridgehead atoms. The number of hydrogen-bond donors (Lipinski definition) is 2.